The first-order valence-corrected chi connectivity index (χ1v) is 6.61. The zero-order valence-electron chi connectivity index (χ0n) is 12.8. The first-order valence-electron chi connectivity index (χ1n) is 6.61. The van der Waals surface area contributed by atoms with E-state index >= 15 is 0 Å². The number of rotatable bonds is 4. The summed E-state index contributed by atoms with van der Waals surface area (Å²) >= 11 is 0. The van der Waals surface area contributed by atoms with Crippen LogP contribution in [0.2, 0.25) is 0 Å². The number of carbonyl (C=O) groups is 4. The van der Waals surface area contributed by atoms with Crippen LogP contribution in [0.5, 0.6) is 0 Å². The highest BCUT2D eigenvalue weighted by molar-refractivity contribution is 5.73. The standard InChI is InChI=1S/C13H19NO8/c1-6(15)14-13-12(22-9(4)18)11(21-8(3)17)10(5-19-13)20-7(2)16/h10-13H,5H2,1-4H3,(H,14,15)/t10-,11-,12-,13-/m1/s1. The summed E-state index contributed by atoms with van der Waals surface area (Å²) in [5.74, 6) is -2.34. The molecule has 1 rings (SSSR count). The molecule has 9 heteroatoms. The Morgan fingerprint density at radius 3 is 1.82 bits per heavy atom. The van der Waals surface area contributed by atoms with Crippen molar-refractivity contribution in [3.05, 3.63) is 0 Å². The maximum Gasteiger partial charge on any atom is 0.303 e. The average Bonchev–Trinajstić information content (AvgIpc) is 2.34. The smallest absolute Gasteiger partial charge is 0.303 e. The van der Waals surface area contributed by atoms with Crippen LogP contribution in [0, 0.1) is 0 Å². The lowest BCUT2D eigenvalue weighted by Crippen LogP contribution is -2.62. The van der Waals surface area contributed by atoms with Gasteiger partial charge in [0.2, 0.25) is 5.91 Å². The summed E-state index contributed by atoms with van der Waals surface area (Å²) in [5, 5.41) is 2.44. The number of carbonyl (C=O) groups excluding carboxylic acids is 4. The van der Waals surface area contributed by atoms with Crippen molar-refractivity contribution in [1.29, 1.82) is 0 Å². The van der Waals surface area contributed by atoms with Crippen LogP contribution >= 0.6 is 0 Å². The molecule has 124 valence electrons. The molecule has 0 aliphatic carbocycles. The fourth-order valence-electron chi connectivity index (χ4n) is 2.07. The molecule has 0 aromatic rings. The van der Waals surface area contributed by atoms with Gasteiger partial charge in [-0.05, 0) is 0 Å². The van der Waals surface area contributed by atoms with Crippen molar-refractivity contribution in [3.63, 3.8) is 0 Å². The Hall–Kier alpha value is -2.16. The second kappa shape index (κ2) is 7.74. The predicted octanol–water partition coefficient (Wildman–Crippen LogP) is -0.726. The number of nitrogens with one attached hydrogen (secondary N) is 1. The van der Waals surface area contributed by atoms with E-state index < -0.39 is 48.4 Å². The molecule has 0 saturated carbocycles. The maximum atomic E-state index is 11.3. The van der Waals surface area contributed by atoms with Gasteiger partial charge in [-0.3, -0.25) is 19.2 Å². The van der Waals surface area contributed by atoms with Crippen molar-refractivity contribution in [2.45, 2.75) is 52.2 Å². The van der Waals surface area contributed by atoms with Gasteiger partial charge in [0, 0.05) is 27.7 Å². The normalized spacial score (nSPS) is 27.5. The quantitative estimate of drug-likeness (QED) is 0.533. The SMILES string of the molecule is CC(=O)N[C@@H]1OC[C@@H](OC(C)=O)[C@@H](OC(C)=O)[C@H]1OC(C)=O. The highest BCUT2D eigenvalue weighted by Crippen LogP contribution is 2.23. The molecule has 4 atom stereocenters. The van der Waals surface area contributed by atoms with E-state index in [4.69, 9.17) is 18.9 Å². The minimum atomic E-state index is -1.14. The highest BCUT2D eigenvalue weighted by atomic mass is 16.6. The highest BCUT2D eigenvalue weighted by Gasteiger charge is 2.47. The molecule has 0 aromatic carbocycles. The molecule has 0 unspecified atom stereocenters. The molecule has 1 N–H and O–H groups in total. The molecule has 22 heavy (non-hydrogen) atoms. The molecule has 1 heterocycles. The zero-order chi connectivity index (χ0) is 16.9. The van der Waals surface area contributed by atoms with E-state index in [1.165, 1.54) is 20.8 Å². The van der Waals surface area contributed by atoms with Crippen molar-refractivity contribution < 1.29 is 38.1 Å². The fraction of sp³-hybridized carbons (Fsp3) is 0.692. The molecule has 1 saturated heterocycles. The first-order chi connectivity index (χ1) is 10.2. The van der Waals surface area contributed by atoms with E-state index in [2.05, 4.69) is 5.32 Å². The summed E-state index contributed by atoms with van der Waals surface area (Å²) in [6.45, 7) is 4.64. The molecule has 0 spiro atoms. The number of hydrogen-bond donors (Lipinski definition) is 1. The van der Waals surface area contributed by atoms with E-state index in [-0.39, 0.29) is 6.61 Å². The predicted molar refractivity (Wildman–Crippen MR) is 70.2 cm³/mol. The molecule has 1 aliphatic rings. The molecular weight excluding hydrogens is 298 g/mol. The Morgan fingerprint density at radius 1 is 0.864 bits per heavy atom. The van der Waals surface area contributed by atoms with Crippen LogP contribution in [-0.4, -0.2) is 55.0 Å². The van der Waals surface area contributed by atoms with E-state index in [0.29, 0.717) is 0 Å². The summed E-state index contributed by atoms with van der Waals surface area (Å²) in [7, 11) is 0. The van der Waals surface area contributed by atoms with Gasteiger partial charge in [-0.25, -0.2) is 0 Å². The monoisotopic (exact) mass is 317 g/mol. The fourth-order valence-corrected chi connectivity index (χ4v) is 2.07. The number of ether oxygens (including phenoxy) is 4. The molecule has 0 aromatic heterocycles. The summed E-state index contributed by atoms with van der Waals surface area (Å²) < 4.78 is 20.6. The van der Waals surface area contributed by atoms with E-state index in [1.807, 2.05) is 0 Å². The van der Waals surface area contributed by atoms with Crippen LogP contribution in [0.4, 0.5) is 0 Å². The zero-order valence-corrected chi connectivity index (χ0v) is 12.8. The van der Waals surface area contributed by atoms with Crippen LogP contribution in [0.1, 0.15) is 27.7 Å². The van der Waals surface area contributed by atoms with Crippen LogP contribution in [0.25, 0.3) is 0 Å². The molecule has 0 radical (unpaired) electrons. The van der Waals surface area contributed by atoms with E-state index in [9.17, 15) is 19.2 Å². The minimum absolute atomic E-state index is 0.125. The second-order valence-electron chi connectivity index (χ2n) is 4.75. The van der Waals surface area contributed by atoms with Gasteiger partial charge in [0.1, 0.15) is 0 Å². The number of amides is 1. The van der Waals surface area contributed by atoms with Gasteiger partial charge in [0.05, 0.1) is 6.61 Å². The lowest BCUT2D eigenvalue weighted by atomic mass is 10.0. The van der Waals surface area contributed by atoms with Gasteiger partial charge < -0.3 is 24.3 Å². The van der Waals surface area contributed by atoms with Crippen LogP contribution in [0.15, 0.2) is 0 Å². The second-order valence-corrected chi connectivity index (χ2v) is 4.75. The van der Waals surface area contributed by atoms with Crippen LogP contribution < -0.4 is 5.32 Å². The molecular formula is C13H19NO8. The molecule has 9 nitrogen and oxygen atoms in total. The van der Waals surface area contributed by atoms with Gasteiger partial charge in [-0.15, -0.1) is 0 Å². The lowest BCUT2D eigenvalue weighted by molar-refractivity contribution is -0.229. The van der Waals surface area contributed by atoms with Crippen molar-refractivity contribution in [1.82, 2.24) is 5.32 Å². The molecule has 1 amide bonds. The van der Waals surface area contributed by atoms with Crippen molar-refractivity contribution in [3.8, 4) is 0 Å². The summed E-state index contributed by atoms with van der Waals surface area (Å²) in [4.78, 5) is 44.9. The number of hydrogen-bond acceptors (Lipinski definition) is 8. The van der Waals surface area contributed by atoms with Crippen LogP contribution in [-0.2, 0) is 38.1 Å². The van der Waals surface area contributed by atoms with E-state index in [0.717, 1.165) is 6.92 Å². The molecule has 1 aliphatic heterocycles. The third kappa shape index (κ3) is 5.32. The Labute approximate surface area is 127 Å². The lowest BCUT2D eigenvalue weighted by Gasteiger charge is -2.40. The Morgan fingerprint density at radius 2 is 1.36 bits per heavy atom. The molecule has 0 bridgehead atoms. The number of esters is 3. The largest absolute Gasteiger partial charge is 0.456 e. The minimum Gasteiger partial charge on any atom is -0.456 e. The van der Waals surface area contributed by atoms with Gasteiger partial charge in [0.15, 0.2) is 24.5 Å². The summed E-state index contributed by atoms with van der Waals surface area (Å²) in [5.41, 5.74) is 0. The van der Waals surface area contributed by atoms with Crippen molar-refractivity contribution in [2.24, 2.45) is 0 Å². The van der Waals surface area contributed by atoms with Crippen molar-refractivity contribution in [2.75, 3.05) is 6.61 Å². The average molecular weight is 317 g/mol. The van der Waals surface area contributed by atoms with Crippen molar-refractivity contribution >= 4 is 23.8 Å². The third-order valence-corrected chi connectivity index (χ3v) is 2.70. The third-order valence-electron chi connectivity index (χ3n) is 2.70. The summed E-state index contributed by atoms with van der Waals surface area (Å²) in [6, 6.07) is 0. The Bertz CT molecular complexity index is 421. The Balaban J connectivity index is 3.03. The summed E-state index contributed by atoms with van der Waals surface area (Å²) in [6.07, 6.45) is -4.19. The topological polar surface area (TPSA) is 117 Å². The van der Waals surface area contributed by atoms with Gasteiger partial charge in [-0.2, -0.15) is 0 Å². The van der Waals surface area contributed by atoms with Gasteiger partial charge >= 0.3 is 17.9 Å². The Kier molecular flexibility index (Phi) is 6.29. The van der Waals surface area contributed by atoms with Gasteiger partial charge in [-0.1, -0.05) is 0 Å². The maximum absolute atomic E-state index is 11.3. The molecule has 1 fully saturated rings. The first kappa shape index (κ1) is 17.9. The van der Waals surface area contributed by atoms with E-state index in [1.54, 1.807) is 0 Å². The van der Waals surface area contributed by atoms with Crippen LogP contribution in [0.3, 0.4) is 0 Å². The van der Waals surface area contributed by atoms with Gasteiger partial charge in [0.25, 0.3) is 0 Å².